The number of quaternary nitrogens is 1. The van der Waals surface area contributed by atoms with E-state index in [2.05, 4.69) is 98.9 Å². The molecule has 0 heterocycles. The third kappa shape index (κ3) is 44.7. The first-order valence-electron chi connectivity index (χ1n) is 25.1. The van der Waals surface area contributed by atoms with Gasteiger partial charge in [-0.3, -0.25) is 9.59 Å². The summed E-state index contributed by atoms with van der Waals surface area (Å²) in [6.45, 7) is 4.40. The van der Waals surface area contributed by atoms with Crippen molar-refractivity contribution in [1.29, 1.82) is 0 Å². The molecule has 0 aromatic rings. The zero-order valence-electron chi connectivity index (χ0n) is 41.6. The zero-order valence-corrected chi connectivity index (χ0v) is 41.6. The maximum absolute atomic E-state index is 12.8. The highest BCUT2D eigenvalue weighted by atomic mass is 16.6. The quantitative estimate of drug-likeness (QED) is 0.0197. The molecule has 0 aliphatic heterocycles. The van der Waals surface area contributed by atoms with E-state index >= 15 is 0 Å². The summed E-state index contributed by atoms with van der Waals surface area (Å²) >= 11 is 0. The fourth-order valence-corrected chi connectivity index (χ4v) is 6.60. The molecule has 8 nitrogen and oxygen atoms in total. The number of nitrogens with zero attached hydrogens (tertiary/aromatic N) is 1. The van der Waals surface area contributed by atoms with Gasteiger partial charge >= 0.3 is 11.9 Å². The maximum atomic E-state index is 12.8. The smallest absolute Gasteiger partial charge is 0.306 e. The average Bonchev–Trinajstić information content (AvgIpc) is 3.27. The van der Waals surface area contributed by atoms with Crippen LogP contribution in [0.2, 0.25) is 0 Å². The fraction of sp³-hybridized carbons (Fsp3) is 0.596. The van der Waals surface area contributed by atoms with Crippen molar-refractivity contribution in [3.8, 4) is 0 Å². The van der Waals surface area contributed by atoms with Gasteiger partial charge in [-0.1, -0.05) is 193 Å². The number of likely N-dealkylation sites (N-methyl/N-ethyl adjacent to an activating group) is 1. The summed E-state index contributed by atoms with van der Waals surface area (Å²) in [6.07, 6.45) is 65.0. The Hall–Kier alpha value is -4.27. The van der Waals surface area contributed by atoms with Crippen molar-refractivity contribution in [1.82, 2.24) is 0 Å². The number of carbonyl (C=O) groups is 3. The molecule has 0 aliphatic rings. The van der Waals surface area contributed by atoms with Crippen LogP contribution in [0.25, 0.3) is 0 Å². The third-order valence-corrected chi connectivity index (χ3v) is 10.4. The van der Waals surface area contributed by atoms with Gasteiger partial charge in [-0.2, -0.15) is 0 Å². The molecule has 8 heteroatoms. The molecule has 0 amide bonds. The number of aliphatic carboxylic acids is 1. The number of esters is 2. The molecule has 0 saturated heterocycles. The molecule has 366 valence electrons. The summed E-state index contributed by atoms with van der Waals surface area (Å²) in [5, 5.41) is 11.7. The predicted octanol–water partition coefficient (Wildman–Crippen LogP) is 13.2. The fourth-order valence-electron chi connectivity index (χ4n) is 6.60. The Kier molecular flexibility index (Phi) is 43.2. The van der Waals surface area contributed by atoms with Gasteiger partial charge < -0.3 is 28.6 Å². The number of carboxylic acids is 1. The second kappa shape index (κ2) is 46.3. The lowest BCUT2D eigenvalue weighted by Gasteiger charge is -2.34. The molecule has 2 unspecified atom stereocenters. The van der Waals surface area contributed by atoms with Crippen molar-refractivity contribution in [2.45, 2.75) is 180 Å². The Morgan fingerprint density at radius 2 is 0.923 bits per heavy atom. The first-order chi connectivity index (χ1) is 31.6. The number of hydrogen-bond acceptors (Lipinski definition) is 7. The lowest BCUT2D eigenvalue weighted by Crippen LogP contribution is -2.55. The normalized spacial score (nSPS) is 13.9. The summed E-state index contributed by atoms with van der Waals surface area (Å²) < 4.78 is 17.2. The molecule has 0 fully saturated rings. The van der Waals surface area contributed by atoms with E-state index in [1.165, 1.54) is 25.7 Å². The molecule has 0 saturated carbocycles. The molecule has 0 bridgehead atoms. The van der Waals surface area contributed by atoms with E-state index in [4.69, 9.17) is 14.2 Å². The molecule has 0 rings (SSSR count). The molecular formula is C57H91NO7. The molecular weight excluding hydrogens is 811 g/mol. The second-order valence-corrected chi connectivity index (χ2v) is 17.4. The Morgan fingerprint density at radius 3 is 1.42 bits per heavy atom. The number of rotatable bonds is 43. The van der Waals surface area contributed by atoms with E-state index in [9.17, 15) is 19.5 Å². The minimum atomic E-state index is -1.14. The van der Waals surface area contributed by atoms with Gasteiger partial charge in [0.25, 0.3) is 0 Å². The standard InChI is InChI=1S/C57H91NO7/c1-6-8-10-12-14-16-18-20-22-24-26-27-28-29-30-32-34-36-38-40-42-44-46-48-56(60)65-53(51-63-50-49-54(57(61)62)58(3,4)5)52-64-55(59)47-45-43-41-39-37-35-33-31-25-23-21-19-17-15-13-11-9-7-2/h8,10-11,13-17,19-23,25-27,29-31,33,53-54H,6-7,9,12,18,24,28,32,34-52H2,1-5H3/b10-8+,13-11+,16-14+,17-15+,21-19+,22-20+,25-23+,27-26+,30-29+,33-31+. The monoisotopic (exact) mass is 902 g/mol. The van der Waals surface area contributed by atoms with Crippen LogP contribution in [0.5, 0.6) is 0 Å². The summed E-state index contributed by atoms with van der Waals surface area (Å²) in [5.74, 6) is -1.80. The lowest BCUT2D eigenvalue weighted by atomic mass is 10.1. The van der Waals surface area contributed by atoms with E-state index < -0.39 is 18.1 Å². The highest BCUT2D eigenvalue weighted by molar-refractivity contribution is 5.70. The molecule has 0 radical (unpaired) electrons. The highest BCUT2D eigenvalue weighted by Crippen LogP contribution is 2.13. The van der Waals surface area contributed by atoms with Gasteiger partial charge in [-0.05, 0) is 77.0 Å². The summed E-state index contributed by atoms with van der Waals surface area (Å²) in [6, 6.07) is -0.741. The van der Waals surface area contributed by atoms with Crippen LogP contribution in [0.3, 0.4) is 0 Å². The van der Waals surface area contributed by atoms with Crippen LogP contribution in [0.1, 0.15) is 168 Å². The first-order valence-corrected chi connectivity index (χ1v) is 25.1. The van der Waals surface area contributed by atoms with Crippen LogP contribution in [0.15, 0.2) is 122 Å². The number of hydrogen-bond donors (Lipinski definition) is 0. The number of carbonyl (C=O) groups excluding carboxylic acids is 3. The molecule has 2 atom stereocenters. The van der Waals surface area contributed by atoms with Gasteiger partial charge in [-0.25, -0.2) is 0 Å². The largest absolute Gasteiger partial charge is 0.544 e. The van der Waals surface area contributed by atoms with Gasteiger partial charge in [-0.15, -0.1) is 0 Å². The van der Waals surface area contributed by atoms with E-state index in [-0.39, 0.29) is 42.7 Å². The van der Waals surface area contributed by atoms with Crippen LogP contribution in [0, 0.1) is 0 Å². The predicted molar refractivity (Wildman–Crippen MR) is 272 cm³/mol. The number of unbranched alkanes of at least 4 members (excludes halogenated alkanes) is 13. The molecule has 0 aromatic heterocycles. The number of carboxylic acid groups (broad SMARTS) is 1. The van der Waals surface area contributed by atoms with E-state index in [0.717, 1.165) is 109 Å². The van der Waals surface area contributed by atoms with Crippen molar-refractivity contribution in [3.63, 3.8) is 0 Å². The van der Waals surface area contributed by atoms with Crippen molar-refractivity contribution >= 4 is 17.9 Å². The van der Waals surface area contributed by atoms with Crippen molar-refractivity contribution in [3.05, 3.63) is 122 Å². The number of ether oxygens (including phenoxy) is 3. The molecule has 0 aliphatic carbocycles. The molecule has 0 N–H and O–H groups in total. The lowest BCUT2D eigenvalue weighted by molar-refractivity contribution is -0.889. The molecule has 0 aromatic carbocycles. The molecule has 65 heavy (non-hydrogen) atoms. The van der Waals surface area contributed by atoms with Gasteiger partial charge in [0.05, 0.1) is 40.3 Å². The minimum Gasteiger partial charge on any atom is -0.544 e. The van der Waals surface area contributed by atoms with Crippen LogP contribution in [-0.4, -0.2) is 75.5 Å². The van der Waals surface area contributed by atoms with Crippen molar-refractivity contribution in [2.24, 2.45) is 0 Å². The Morgan fingerprint density at radius 1 is 0.492 bits per heavy atom. The van der Waals surface area contributed by atoms with Gasteiger partial charge in [0.1, 0.15) is 12.6 Å². The highest BCUT2D eigenvalue weighted by Gasteiger charge is 2.25. The maximum Gasteiger partial charge on any atom is 0.306 e. The second-order valence-electron chi connectivity index (χ2n) is 17.4. The van der Waals surface area contributed by atoms with Crippen LogP contribution >= 0.6 is 0 Å². The first kappa shape index (κ1) is 60.7. The van der Waals surface area contributed by atoms with Gasteiger partial charge in [0.15, 0.2) is 6.10 Å². The Bertz CT molecular complexity index is 1470. The van der Waals surface area contributed by atoms with Crippen LogP contribution in [-0.2, 0) is 28.6 Å². The Labute approximate surface area is 397 Å². The Balaban J connectivity index is 4.37. The summed E-state index contributed by atoms with van der Waals surface area (Å²) in [5.41, 5.74) is 0. The van der Waals surface area contributed by atoms with Gasteiger partial charge in [0.2, 0.25) is 0 Å². The van der Waals surface area contributed by atoms with E-state index in [1.54, 1.807) is 21.1 Å². The topological polar surface area (TPSA) is 102 Å². The summed E-state index contributed by atoms with van der Waals surface area (Å²) in [4.78, 5) is 37.0. The SMILES string of the molecule is CC/C=C/C/C=C/C/C=C/C/C=C/C/C=C/CCCCCCCCCC(=O)OC(COCCC(C(=O)[O-])[N+](C)(C)C)COC(=O)CCCCCCC/C=C/C=C/C=C/C=C/C=C/CCC. The number of allylic oxidation sites excluding steroid dienone is 20. The van der Waals surface area contributed by atoms with E-state index in [1.807, 2.05) is 36.5 Å². The molecule has 0 spiro atoms. The van der Waals surface area contributed by atoms with Crippen LogP contribution in [0.4, 0.5) is 0 Å². The van der Waals surface area contributed by atoms with Crippen molar-refractivity contribution in [2.75, 3.05) is 41.0 Å². The van der Waals surface area contributed by atoms with E-state index in [0.29, 0.717) is 12.8 Å². The minimum absolute atomic E-state index is 0.0187. The van der Waals surface area contributed by atoms with Gasteiger partial charge in [0, 0.05) is 19.3 Å². The zero-order chi connectivity index (χ0) is 47.7. The average molecular weight is 902 g/mol. The third-order valence-electron chi connectivity index (χ3n) is 10.4. The van der Waals surface area contributed by atoms with Crippen molar-refractivity contribution < 1.29 is 38.2 Å². The van der Waals surface area contributed by atoms with Crippen LogP contribution < -0.4 is 5.11 Å². The summed E-state index contributed by atoms with van der Waals surface area (Å²) in [7, 11) is 5.39.